The summed E-state index contributed by atoms with van der Waals surface area (Å²) in [4.78, 5) is 28.1. The first-order valence-corrected chi connectivity index (χ1v) is 18.0. The van der Waals surface area contributed by atoms with Crippen LogP contribution < -0.4 is 10.6 Å². The Labute approximate surface area is 295 Å². The minimum Gasteiger partial charge on any atom is -0.392 e. The number of Topliss-reactive ketones (excluding diaryl/α,β-unsaturated/α-hetero) is 1. The standard InChI is InChI=1S/C42H49N3O5/c1-30(47)37(26-31-14-7-5-8-15-31)44-42(48)43-36-19-13-18-35(27-36)41-49-38(28-45-24-11-3-2-4-12-25-45)39(33-16-9-6-10-17-33)40(50-41)34-22-20-32(29-46)21-23-34/h5-10,13-23,27,37-41,46H,2-4,11-12,24-26,28-29H2,1H3,(H2,43,44,48). The molecule has 4 aromatic rings. The molecule has 2 heterocycles. The van der Waals surface area contributed by atoms with Crippen LogP contribution in [-0.2, 0) is 27.3 Å². The highest BCUT2D eigenvalue weighted by Crippen LogP contribution is 2.47. The summed E-state index contributed by atoms with van der Waals surface area (Å²) in [5.41, 5.74) is 5.35. The number of urea groups is 1. The number of carbonyl (C=O) groups is 2. The monoisotopic (exact) mass is 675 g/mol. The molecular weight excluding hydrogens is 626 g/mol. The van der Waals surface area contributed by atoms with E-state index in [4.69, 9.17) is 9.47 Å². The van der Waals surface area contributed by atoms with Crippen molar-refractivity contribution in [3.8, 4) is 0 Å². The number of amides is 2. The molecule has 0 aromatic heterocycles. The van der Waals surface area contributed by atoms with E-state index in [1.54, 1.807) is 0 Å². The quantitative estimate of drug-likeness (QED) is 0.151. The summed E-state index contributed by atoms with van der Waals surface area (Å²) in [6.07, 6.45) is 5.39. The van der Waals surface area contributed by atoms with Gasteiger partial charge in [-0.25, -0.2) is 4.79 Å². The number of carbonyl (C=O) groups excluding carboxylic acids is 2. The topological polar surface area (TPSA) is 100 Å². The van der Waals surface area contributed by atoms with Gasteiger partial charge in [0.1, 0.15) is 0 Å². The van der Waals surface area contributed by atoms with Crippen molar-refractivity contribution in [2.75, 3.05) is 25.0 Å². The van der Waals surface area contributed by atoms with Gasteiger partial charge in [-0.05, 0) is 73.7 Å². The number of benzene rings is 4. The zero-order valence-electron chi connectivity index (χ0n) is 28.9. The molecule has 5 unspecified atom stereocenters. The maximum atomic E-state index is 13.2. The minimum atomic E-state index is -0.690. The molecule has 2 amide bonds. The average Bonchev–Trinajstić information content (AvgIpc) is 3.13. The van der Waals surface area contributed by atoms with Crippen molar-refractivity contribution in [1.82, 2.24) is 10.2 Å². The SMILES string of the molecule is CC(=O)C(Cc1ccccc1)NC(=O)Nc1cccc(C2OC(CN3CCCCCCC3)C(c3ccccc3)C(c3ccc(CO)cc3)O2)c1. The number of aliphatic hydroxyl groups is 1. The number of rotatable bonds is 11. The molecule has 0 bridgehead atoms. The molecule has 4 aromatic carbocycles. The van der Waals surface area contributed by atoms with Crippen LogP contribution in [0.4, 0.5) is 10.5 Å². The van der Waals surface area contributed by atoms with Crippen molar-refractivity contribution in [1.29, 1.82) is 0 Å². The molecule has 8 nitrogen and oxygen atoms in total. The summed E-state index contributed by atoms with van der Waals surface area (Å²) in [5.74, 6) is -0.183. The number of hydrogen-bond acceptors (Lipinski definition) is 6. The van der Waals surface area contributed by atoms with Crippen LogP contribution in [0, 0.1) is 0 Å². The molecule has 262 valence electrons. The zero-order valence-corrected chi connectivity index (χ0v) is 28.9. The second kappa shape index (κ2) is 17.5. The van der Waals surface area contributed by atoms with Crippen molar-refractivity contribution >= 4 is 17.5 Å². The van der Waals surface area contributed by atoms with Crippen LogP contribution in [0.1, 0.15) is 85.2 Å². The number of nitrogens with zero attached hydrogens (tertiary/aromatic N) is 1. The molecule has 0 spiro atoms. The first kappa shape index (κ1) is 35.5. The van der Waals surface area contributed by atoms with Crippen LogP contribution >= 0.6 is 0 Å². The van der Waals surface area contributed by atoms with Crippen molar-refractivity contribution in [3.63, 3.8) is 0 Å². The second-order valence-electron chi connectivity index (χ2n) is 13.5. The summed E-state index contributed by atoms with van der Waals surface area (Å²) >= 11 is 0. The fourth-order valence-electron chi connectivity index (χ4n) is 7.15. The number of ether oxygens (including phenoxy) is 2. The van der Waals surface area contributed by atoms with Gasteiger partial charge in [0.15, 0.2) is 12.1 Å². The van der Waals surface area contributed by atoms with E-state index in [0.29, 0.717) is 12.1 Å². The number of nitrogens with one attached hydrogen (secondary N) is 2. The van der Waals surface area contributed by atoms with E-state index in [-0.39, 0.29) is 30.5 Å². The highest BCUT2D eigenvalue weighted by atomic mass is 16.7. The lowest BCUT2D eigenvalue weighted by Gasteiger charge is -2.44. The van der Waals surface area contributed by atoms with Crippen LogP contribution in [0.15, 0.2) is 109 Å². The van der Waals surface area contributed by atoms with Gasteiger partial charge in [0.2, 0.25) is 0 Å². The Morgan fingerprint density at radius 2 is 1.42 bits per heavy atom. The zero-order chi connectivity index (χ0) is 34.7. The molecule has 50 heavy (non-hydrogen) atoms. The molecule has 2 aliphatic heterocycles. The third kappa shape index (κ3) is 9.46. The lowest BCUT2D eigenvalue weighted by molar-refractivity contribution is -0.263. The van der Waals surface area contributed by atoms with Crippen molar-refractivity contribution < 1.29 is 24.2 Å². The van der Waals surface area contributed by atoms with Gasteiger partial charge >= 0.3 is 6.03 Å². The van der Waals surface area contributed by atoms with E-state index in [2.05, 4.69) is 39.8 Å². The number of anilines is 1. The molecule has 6 rings (SSSR count). The van der Waals surface area contributed by atoms with Gasteiger partial charge in [0.25, 0.3) is 0 Å². The van der Waals surface area contributed by atoms with Crippen LogP contribution in [0.25, 0.3) is 0 Å². The van der Waals surface area contributed by atoms with Gasteiger partial charge in [-0.15, -0.1) is 0 Å². The fourth-order valence-corrected chi connectivity index (χ4v) is 7.15. The third-order valence-corrected chi connectivity index (χ3v) is 9.85. The summed E-state index contributed by atoms with van der Waals surface area (Å²) in [6, 6.07) is 34.6. The van der Waals surface area contributed by atoms with Crippen molar-refractivity contribution in [2.24, 2.45) is 0 Å². The average molecular weight is 676 g/mol. The van der Waals surface area contributed by atoms with Gasteiger partial charge in [0.05, 0.1) is 24.9 Å². The van der Waals surface area contributed by atoms with E-state index >= 15 is 0 Å². The Bertz CT molecular complexity index is 1660. The molecule has 0 aliphatic carbocycles. The normalized spacial score (nSPS) is 22.1. The maximum Gasteiger partial charge on any atom is 0.319 e. The molecule has 2 fully saturated rings. The van der Waals surface area contributed by atoms with E-state index in [9.17, 15) is 14.7 Å². The predicted molar refractivity (Wildman–Crippen MR) is 196 cm³/mol. The Balaban J connectivity index is 1.26. The Morgan fingerprint density at radius 1 is 0.760 bits per heavy atom. The smallest absolute Gasteiger partial charge is 0.319 e. The van der Waals surface area contributed by atoms with Crippen molar-refractivity contribution in [2.45, 2.75) is 82.5 Å². The Kier molecular flexibility index (Phi) is 12.5. The molecule has 2 saturated heterocycles. The molecule has 0 saturated carbocycles. The summed E-state index contributed by atoms with van der Waals surface area (Å²) in [7, 11) is 0. The molecule has 3 N–H and O–H groups in total. The Morgan fingerprint density at radius 3 is 2.10 bits per heavy atom. The molecule has 2 aliphatic rings. The Hall–Kier alpha value is -4.34. The van der Waals surface area contributed by atoms with E-state index in [1.165, 1.54) is 39.0 Å². The van der Waals surface area contributed by atoms with Crippen LogP contribution in [0.2, 0.25) is 0 Å². The van der Waals surface area contributed by atoms with E-state index < -0.39 is 18.4 Å². The van der Waals surface area contributed by atoms with Crippen LogP contribution in [0.5, 0.6) is 0 Å². The first-order valence-electron chi connectivity index (χ1n) is 18.0. The van der Waals surface area contributed by atoms with Crippen LogP contribution in [-0.4, -0.2) is 53.6 Å². The lowest BCUT2D eigenvalue weighted by atomic mass is 9.83. The van der Waals surface area contributed by atoms with Gasteiger partial charge in [-0.2, -0.15) is 0 Å². The minimum absolute atomic E-state index is 0.0238. The first-order chi connectivity index (χ1) is 24.5. The van der Waals surface area contributed by atoms with Gasteiger partial charge in [-0.1, -0.05) is 116 Å². The highest BCUT2D eigenvalue weighted by molar-refractivity contribution is 5.93. The van der Waals surface area contributed by atoms with Gasteiger partial charge < -0.3 is 30.1 Å². The number of hydrogen-bond donors (Lipinski definition) is 3. The number of ketones is 1. The van der Waals surface area contributed by atoms with E-state index in [0.717, 1.165) is 47.5 Å². The number of likely N-dealkylation sites (tertiary alicyclic amines) is 1. The number of aliphatic hydroxyl groups excluding tert-OH is 1. The maximum absolute atomic E-state index is 13.2. The third-order valence-electron chi connectivity index (χ3n) is 9.85. The van der Waals surface area contributed by atoms with E-state index in [1.807, 2.05) is 84.9 Å². The van der Waals surface area contributed by atoms with Gasteiger partial charge in [-0.3, -0.25) is 4.79 Å². The molecule has 8 heteroatoms. The fraction of sp³-hybridized carbons (Fsp3) is 0.381. The molecular formula is C42H49N3O5. The van der Waals surface area contributed by atoms with Gasteiger partial charge in [0, 0.05) is 23.7 Å². The summed E-state index contributed by atoms with van der Waals surface area (Å²) in [6.45, 7) is 4.33. The highest BCUT2D eigenvalue weighted by Gasteiger charge is 2.42. The summed E-state index contributed by atoms with van der Waals surface area (Å²) < 4.78 is 13.9. The lowest BCUT2D eigenvalue weighted by Crippen LogP contribution is -2.45. The molecule has 5 atom stereocenters. The largest absolute Gasteiger partial charge is 0.392 e. The van der Waals surface area contributed by atoms with Crippen molar-refractivity contribution in [3.05, 3.63) is 137 Å². The second-order valence-corrected chi connectivity index (χ2v) is 13.5. The predicted octanol–water partition coefficient (Wildman–Crippen LogP) is 7.71. The van der Waals surface area contributed by atoms with Crippen LogP contribution in [0.3, 0.4) is 0 Å². The molecule has 0 radical (unpaired) electrons. The summed E-state index contributed by atoms with van der Waals surface area (Å²) in [5, 5.41) is 15.5.